The van der Waals surface area contributed by atoms with Gasteiger partial charge in [-0.1, -0.05) is 6.07 Å². The van der Waals surface area contributed by atoms with Crippen LogP contribution in [0, 0.1) is 5.92 Å². The molecule has 0 unspecified atom stereocenters. The van der Waals surface area contributed by atoms with Crippen LogP contribution in [0.2, 0.25) is 0 Å². The average Bonchev–Trinajstić information content (AvgIpc) is 2.38. The van der Waals surface area contributed by atoms with E-state index in [9.17, 15) is 13.2 Å². The van der Waals surface area contributed by atoms with Gasteiger partial charge in [0, 0.05) is 17.6 Å². The molecule has 0 aliphatic carbocycles. The lowest BCUT2D eigenvalue weighted by Crippen LogP contribution is -2.39. The van der Waals surface area contributed by atoms with Crippen LogP contribution in [-0.4, -0.2) is 25.8 Å². The molecule has 2 rings (SSSR count). The third-order valence-corrected chi connectivity index (χ3v) is 4.38. The van der Waals surface area contributed by atoms with Gasteiger partial charge in [-0.2, -0.15) is 13.2 Å². The number of alkyl halides is 3. The molecular formula is C14H18BrF3N2. The van der Waals surface area contributed by atoms with Crippen molar-refractivity contribution in [3.63, 3.8) is 0 Å². The predicted octanol–water partition coefficient (Wildman–Crippen LogP) is 3.73. The van der Waals surface area contributed by atoms with Crippen molar-refractivity contribution in [2.45, 2.75) is 25.4 Å². The summed E-state index contributed by atoms with van der Waals surface area (Å²) in [6.07, 6.45) is -2.93. The number of nitrogens with zero attached hydrogens (tertiary/aromatic N) is 1. The second kappa shape index (κ2) is 6.35. The van der Waals surface area contributed by atoms with Gasteiger partial charge in [-0.05, 0) is 59.4 Å². The van der Waals surface area contributed by atoms with Crippen LogP contribution in [0.25, 0.3) is 0 Å². The maximum Gasteiger partial charge on any atom is 0.391 e. The molecule has 2 nitrogen and oxygen atoms in total. The smallest absolute Gasteiger partial charge is 0.371 e. The van der Waals surface area contributed by atoms with Crippen LogP contribution in [0.1, 0.15) is 18.4 Å². The first-order valence-electron chi connectivity index (χ1n) is 6.72. The molecule has 2 N–H and O–H groups in total. The highest BCUT2D eigenvalue weighted by molar-refractivity contribution is 9.10. The topological polar surface area (TPSA) is 29.3 Å². The van der Waals surface area contributed by atoms with Crippen molar-refractivity contribution in [2.75, 3.05) is 24.5 Å². The van der Waals surface area contributed by atoms with E-state index in [1.54, 1.807) is 0 Å². The highest BCUT2D eigenvalue weighted by atomic mass is 79.9. The molecule has 112 valence electrons. The van der Waals surface area contributed by atoms with Crippen LogP contribution in [0.5, 0.6) is 0 Å². The van der Waals surface area contributed by atoms with E-state index in [-0.39, 0.29) is 12.8 Å². The van der Waals surface area contributed by atoms with Crippen molar-refractivity contribution in [3.05, 3.63) is 28.2 Å². The molecule has 0 atom stereocenters. The molecular weight excluding hydrogens is 333 g/mol. The SMILES string of the molecule is NCCc1ccc(N2CCC(C(F)(F)F)CC2)c(Br)c1. The van der Waals surface area contributed by atoms with E-state index in [1.807, 2.05) is 23.1 Å². The Hall–Kier alpha value is -0.750. The fourth-order valence-corrected chi connectivity index (χ4v) is 3.25. The number of anilines is 1. The number of halogens is 4. The Bertz CT molecular complexity index is 454. The van der Waals surface area contributed by atoms with Crippen molar-refractivity contribution < 1.29 is 13.2 Å². The standard InChI is InChI=1S/C14H18BrF3N2/c15-12-9-10(3-6-19)1-2-13(12)20-7-4-11(5-8-20)14(16,17)18/h1-2,9,11H,3-8,19H2. The van der Waals surface area contributed by atoms with Crippen molar-refractivity contribution >= 4 is 21.6 Å². The molecule has 0 amide bonds. The Morgan fingerprint density at radius 1 is 1.25 bits per heavy atom. The second-order valence-electron chi connectivity index (χ2n) is 5.13. The third kappa shape index (κ3) is 3.67. The molecule has 1 aromatic rings. The lowest BCUT2D eigenvalue weighted by atomic mass is 9.96. The van der Waals surface area contributed by atoms with E-state index < -0.39 is 12.1 Å². The minimum Gasteiger partial charge on any atom is -0.371 e. The summed E-state index contributed by atoms with van der Waals surface area (Å²) < 4.78 is 38.9. The number of piperidine rings is 1. The fourth-order valence-electron chi connectivity index (χ4n) is 2.58. The summed E-state index contributed by atoms with van der Waals surface area (Å²) in [5, 5.41) is 0. The largest absolute Gasteiger partial charge is 0.391 e. The summed E-state index contributed by atoms with van der Waals surface area (Å²) in [7, 11) is 0. The van der Waals surface area contributed by atoms with Crippen LogP contribution in [-0.2, 0) is 6.42 Å². The molecule has 20 heavy (non-hydrogen) atoms. The van der Waals surface area contributed by atoms with E-state index in [2.05, 4.69) is 15.9 Å². The first-order chi connectivity index (χ1) is 9.41. The maximum absolute atomic E-state index is 12.6. The van der Waals surface area contributed by atoms with Gasteiger partial charge >= 0.3 is 6.18 Å². The van der Waals surface area contributed by atoms with Gasteiger partial charge in [0.05, 0.1) is 11.6 Å². The van der Waals surface area contributed by atoms with E-state index in [0.29, 0.717) is 19.6 Å². The second-order valence-corrected chi connectivity index (χ2v) is 5.98. The predicted molar refractivity (Wildman–Crippen MR) is 77.9 cm³/mol. The van der Waals surface area contributed by atoms with Gasteiger partial charge in [-0.15, -0.1) is 0 Å². The van der Waals surface area contributed by atoms with Gasteiger partial charge in [-0.25, -0.2) is 0 Å². The molecule has 6 heteroatoms. The molecule has 1 fully saturated rings. The van der Waals surface area contributed by atoms with Gasteiger partial charge in [0.15, 0.2) is 0 Å². The van der Waals surface area contributed by atoms with E-state index in [1.165, 1.54) is 0 Å². The summed E-state index contributed by atoms with van der Waals surface area (Å²) in [6, 6.07) is 5.95. The van der Waals surface area contributed by atoms with Crippen molar-refractivity contribution in [2.24, 2.45) is 11.7 Å². The molecule has 1 aliphatic rings. The molecule has 1 heterocycles. The van der Waals surface area contributed by atoms with Crippen molar-refractivity contribution in [1.82, 2.24) is 0 Å². The number of rotatable bonds is 3. The number of nitrogens with two attached hydrogens (primary N) is 1. The Morgan fingerprint density at radius 3 is 2.40 bits per heavy atom. The monoisotopic (exact) mass is 350 g/mol. The quantitative estimate of drug-likeness (QED) is 0.899. The zero-order valence-corrected chi connectivity index (χ0v) is 12.7. The summed E-state index contributed by atoms with van der Waals surface area (Å²) in [6.45, 7) is 1.47. The van der Waals surface area contributed by atoms with Crippen molar-refractivity contribution in [1.29, 1.82) is 0 Å². The molecule has 1 aliphatic heterocycles. The van der Waals surface area contributed by atoms with Gasteiger partial charge in [-0.3, -0.25) is 0 Å². The highest BCUT2D eigenvalue weighted by Gasteiger charge is 2.41. The van der Waals surface area contributed by atoms with Crippen LogP contribution in [0.15, 0.2) is 22.7 Å². The maximum atomic E-state index is 12.6. The Labute approximate surface area is 125 Å². The van der Waals surface area contributed by atoms with Crippen LogP contribution < -0.4 is 10.6 Å². The minimum atomic E-state index is -4.06. The van der Waals surface area contributed by atoms with Crippen molar-refractivity contribution in [3.8, 4) is 0 Å². The van der Waals surface area contributed by atoms with Crippen LogP contribution >= 0.6 is 15.9 Å². The zero-order valence-electron chi connectivity index (χ0n) is 11.1. The first-order valence-corrected chi connectivity index (χ1v) is 7.51. The highest BCUT2D eigenvalue weighted by Crippen LogP contribution is 2.37. The molecule has 0 aromatic heterocycles. The summed E-state index contributed by atoms with van der Waals surface area (Å²) in [5.41, 5.74) is 7.61. The normalized spacial score (nSPS) is 17.6. The first kappa shape index (κ1) is 15.6. The molecule has 0 spiro atoms. The number of hydrogen-bond acceptors (Lipinski definition) is 2. The van der Waals surface area contributed by atoms with E-state index in [0.717, 1.165) is 22.1 Å². The molecule has 0 radical (unpaired) electrons. The van der Waals surface area contributed by atoms with Gasteiger partial charge < -0.3 is 10.6 Å². The Balaban J connectivity index is 2.03. The summed E-state index contributed by atoms with van der Waals surface area (Å²) >= 11 is 3.50. The van der Waals surface area contributed by atoms with Gasteiger partial charge in [0.25, 0.3) is 0 Å². The summed E-state index contributed by atoms with van der Waals surface area (Å²) in [4.78, 5) is 2.01. The van der Waals surface area contributed by atoms with Crippen LogP contribution in [0.4, 0.5) is 18.9 Å². The fraction of sp³-hybridized carbons (Fsp3) is 0.571. The van der Waals surface area contributed by atoms with Gasteiger partial charge in [0.1, 0.15) is 0 Å². The van der Waals surface area contributed by atoms with Gasteiger partial charge in [0.2, 0.25) is 0 Å². The molecule has 1 saturated heterocycles. The van der Waals surface area contributed by atoms with Crippen LogP contribution in [0.3, 0.4) is 0 Å². The Kier molecular flexibility index (Phi) is 4.96. The molecule has 1 aromatic carbocycles. The minimum absolute atomic E-state index is 0.167. The average molecular weight is 351 g/mol. The molecule has 0 bridgehead atoms. The van der Waals surface area contributed by atoms with E-state index in [4.69, 9.17) is 5.73 Å². The summed E-state index contributed by atoms with van der Waals surface area (Å²) in [5.74, 6) is -1.16. The Morgan fingerprint density at radius 2 is 1.90 bits per heavy atom. The number of hydrogen-bond donors (Lipinski definition) is 1. The molecule has 0 saturated carbocycles. The lowest BCUT2D eigenvalue weighted by molar-refractivity contribution is -0.179. The third-order valence-electron chi connectivity index (χ3n) is 3.74. The number of benzene rings is 1. The lowest BCUT2D eigenvalue weighted by Gasteiger charge is -2.35. The van der Waals surface area contributed by atoms with E-state index >= 15 is 0 Å². The zero-order chi connectivity index (χ0) is 14.8.